The molecule has 11 rings (SSSR count). The fourth-order valence-corrected chi connectivity index (χ4v) is 13.0. The number of aryl methyl sites for hydroxylation is 1. The Kier molecular flexibility index (Phi) is 13.3. The minimum Gasteiger partial charge on any atom is -0.464 e. The summed E-state index contributed by atoms with van der Waals surface area (Å²) >= 11 is 0. The molecule has 71 heavy (non-hydrogen) atoms. The van der Waals surface area contributed by atoms with Crippen LogP contribution >= 0.6 is 0 Å². The molecule has 5 fully saturated rings. The van der Waals surface area contributed by atoms with Crippen molar-refractivity contribution in [2.75, 3.05) is 87.4 Å². The fourth-order valence-electron chi connectivity index (χ4n) is 13.0. The van der Waals surface area contributed by atoms with Crippen LogP contribution in [-0.2, 0) is 41.6 Å². The van der Waals surface area contributed by atoms with Crippen LogP contribution in [-0.4, -0.2) is 140 Å². The molecule has 7 aliphatic rings. The fraction of sp³-hybridized carbons (Fsp3) is 0.607. The number of nitrogens with one attached hydrogen (secondary N) is 2. The van der Waals surface area contributed by atoms with Crippen LogP contribution in [0.5, 0.6) is 0 Å². The Balaban J connectivity index is 0.963. The average molecular weight is 970 g/mol. The molecule has 1 aliphatic carbocycles. The number of aromatic nitrogens is 2. The minimum absolute atomic E-state index is 0.0244. The number of carbonyl (C=O) groups is 3. The maximum absolute atomic E-state index is 14.9. The van der Waals surface area contributed by atoms with E-state index < -0.39 is 17.5 Å². The molecule has 15 heteroatoms. The zero-order chi connectivity index (χ0) is 49.1. The van der Waals surface area contributed by atoms with Crippen molar-refractivity contribution in [1.29, 1.82) is 0 Å². The van der Waals surface area contributed by atoms with Gasteiger partial charge in [0.2, 0.25) is 5.91 Å². The monoisotopic (exact) mass is 970 g/mol. The molecule has 7 atom stereocenters. The van der Waals surface area contributed by atoms with E-state index in [1.807, 2.05) is 6.20 Å². The second-order valence-electron chi connectivity index (χ2n) is 22.3. The van der Waals surface area contributed by atoms with Crippen molar-refractivity contribution < 1.29 is 28.6 Å². The van der Waals surface area contributed by atoms with Gasteiger partial charge in [-0.1, -0.05) is 39.0 Å². The Morgan fingerprint density at radius 3 is 2.55 bits per heavy atom. The van der Waals surface area contributed by atoms with Crippen LogP contribution in [0.1, 0.15) is 108 Å². The molecule has 2 amide bonds. The minimum atomic E-state index is -0.878. The van der Waals surface area contributed by atoms with Crippen molar-refractivity contribution in [3.05, 3.63) is 71.5 Å². The Labute approximate surface area is 419 Å². The molecule has 2 aromatic heterocycles. The molecule has 2 N–H and O–H groups in total. The molecular formula is C56H75N9O6. The van der Waals surface area contributed by atoms with E-state index in [2.05, 4.69) is 118 Å². The summed E-state index contributed by atoms with van der Waals surface area (Å²) in [5.41, 5.74) is 12.8. The van der Waals surface area contributed by atoms with E-state index in [1.165, 1.54) is 29.7 Å². The number of esters is 1. The largest absolute Gasteiger partial charge is 0.464 e. The smallest absolute Gasteiger partial charge is 0.324 e. The van der Waals surface area contributed by atoms with Crippen LogP contribution in [0, 0.1) is 11.3 Å². The second kappa shape index (κ2) is 19.7. The number of hydrogen-bond acceptors (Lipinski definition) is 12. The number of cyclic esters (lactones) is 1. The van der Waals surface area contributed by atoms with Gasteiger partial charge in [-0.2, -0.15) is 0 Å². The number of methoxy groups -OCH3 is 1. The van der Waals surface area contributed by atoms with E-state index in [9.17, 15) is 14.4 Å². The van der Waals surface area contributed by atoms with Crippen molar-refractivity contribution in [2.24, 2.45) is 11.3 Å². The maximum atomic E-state index is 14.9. The summed E-state index contributed by atoms with van der Waals surface area (Å²) in [4.78, 5) is 59.1. The average Bonchev–Trinajstić information content (AvgIpc) is 4.06. The zero-order valence-electron chi connectivity index (χ0n) is 42.8. The number of morpholine rings is 1. The van der Waals surface area contributed by atoms with Crippen LogP contribution in [0.15, 0.2) is 54.7 Å². The number of rotatable bonds is 8. The summed E-state index contributed by atoms with van der Waals surface area (Å²) in [5, 5.41) is 6.04. The first-order valence-corrected chi connectivity index (χ1v) is 26.8. The molecule has 6 aliphatic heterocycles. The first kappa shape index (κ1) is 48.1. The topological polar surface area (TPSA) is 137 Å². The highest BCUT2D eigenvalue weighted by Gasteiger charge is 2.47. The van der Waals surface area contributed by atoms with Gasteiger partial charge in [-0.15, -0.1) is 0 Å². The summed E-state index contributed by atoms with van der Waals surface area (Å²) in [6.07, 6.45) is 8.09. The highest BCUT2D eigenvalue weighted by atomic mass is 16.5. The Morgan fingerprint density at radius 1 is 0.958 bits per heavy atom. The van der Waals surface area contributed by atoms with E-state index in [-0.39, 0.29) is 60.9 Å². The number of pyridine rings is 1. The van der Waals surface area contributed by atoms with E-state index in [4.69, 9.17) is 19.2 Å². The molecule has 380 valence electrons. The predicted octanol–water partition coefficient (Wildman–Crippen LogP) is 6.82. The molecule has 8 heterocycles. The van der Waals surface area contributed by atoms with E-state index >= 15 is 0 Å². The summed E-state index contributed by atoms with van der Waals surface area (Å²) in [5.74, 6) is -1.10. The van der Waals surface area contributed by atoms with Crippen molar-refractivity contribution in [3.8, 4) is 11.3 Å². The number of piperazine rings is 1. The molecule has 4 saturated heterocycles. The lowest BCUT2D eigenvalue weighted by molar-refractivity contribution is -0.156. The first-order valence-electron chi connectivity index (χ1n) is 26.8. The third-order valence-electron chi connectivity index (χ3n) is 17.0. The van der Waals surface area contributed by atoms with Crippen LogP contribution in [0.4, 0.5) is 17.1 Å². The van der Waals surface area contributed by atoms with Crippen LogP contribution in [0.3, 0.4) is 0 Å². The van der Waals surface area contributed by atoms with Gasteiger partial charge in [0.25, 0.3) is 5.91 Å². The number of para-hydroxylation sites is 1. The van der Waals surface area contributed by atoms with Crippen molar-refractivity contribution >= 4 is 45.7 Å². The zero-order valence-corrected chi connectivity index (χ0v) is 42.8. The molecule has 6 bridgehead atoms. The summed E-state index contributed by atoms with van der Waals surface area (Å²) in [6, 6.07) is 16.8. The Bertz CT molecular complexity index is 2640. The van der Waals surface area contributed by atoms with Crippen LogP contribution in [0.25, 0.3) is 22.2 Å². The van der Waals surface area contributed by atoms with Crippen LogP contribution in [0.2, 0.25) is 0 Å². The molecule has 0 radical (unpaired) electrons. The number of carbonyl (C=O) groups excluding carboxylic acids is 3. The highest BCUT2D eigenvalue weighted by molar-refractivity contribution is 5.95. The van der Waals surface area contributed by atoms with E-state index in [1.54, 1.807) is 12.1 Å². The quantitative estimate of drug-likeness (QED) is 0.180. The molecule has 2 aromatic carbocycles. The lowest BCUT2D eigenvalue weighted by atomic mass is 9.76. The van der Waals surface area contributed by atoms with Gasteiger partial charge in [-0.05, 0) is 106 Å². The normalized spacial score (nSPS) is 27.7. The number of amides is 2. The Morgan fingerprint density at radius 2 is 1.76 bits per heavy atom. The lowest BCUT2D eigenvalue weighted by Gasteiger charge is -2.43. The van der Waals surface area contributed by atoms with Gasteiger partial charge in [0.05, 0.1) is 54.6 Å². The van der Waals surface area contributed by atoms with Gasteiger partial charge in [0, 0.05) is 118 Å². The van der Waals surface area contributed by atoms with Gasteiger partial charge < -0.3 is 38.8 Å². The second-order valence-corrected chi connectivity index (χ2v) is 22.3. The number of nitrogens with zero attached hydrogens (tertiary/aromatic N) is 7. The highest BCUT2D eigenvalue weighted by Crippen LogP contribution is 2.47. The summed E-state index contributed by atoms with van der Waals surface area (Å²) < 4.78 is 21.3. The van der Waals surface area contributed by atoms with Gasteiger partial charge in [-0.25, -0.2) is 5.43 Å². The van der Waals surface area contributed by atoms with Gasteiger partial charge >= 0.3 is 5.97 Å². The molecule has 15 nitrogen and oxygen atoms in total. The number of hydrazine groups is 1. The number of ether oxygens (including phenoxy) is 3. The number of fused-ring (bicyclic) bond motifs is 9. The Hall–Kier alpha value is -5.22. The lowest BCUT2D eigenvalue weighted by Crippen LogP contribution is -2.62. The van der Waals surface area contributed by atoms with Crippen molar-refractivity contribution in [3.63, 3.8) is 0 Å². The molecule has 0 spiro atoms. The third-order valence-corrected chi connectivity index (χ3v) is 17.0. The van der Waals surface area contributed by atoms with Gasteiger partial charge in [0.1, 0.15) is 12.1 Å². The summed E-state index contributed by atoms with van der Waals surface area (Å²) in [6.45, 7) is 18.8. The summed E-state index contributed by atoms with van der Waals surface area (Å²) in [7, 11) is 1.75. The van der Waals surface area contributed by atoms with Gasteiger partial charge in [-0.3, -0.25) is 29.3 Å². The van der Waals surface area contributed by atoms with Crippen LogP contribution < -0.4 is 25.4 Å². The molecule has 1 saturated carbocycles. The molecule has 4 aromatic rings. The number of hydrogen-bond donors (Lipinski definition) is 2. The molecule has 1 unspecified atom stereocenters. The van der Waals surface area contributed by atoms with E-state index in [0.29, 0.717) is 45.5 Å². The first-order chi connectivity index (χ1) is 34.4. The number of benzene rings is 2. The van der Waals surface area contributed by atoms with Crippen molar-refractivity contribution in [1.82, 2.24) is 30.2 Å². The van der Waals surface area contributed by atoms with Gasteiger partial charge in [0.15, 0.2) is 0 Å². The molecular weight excluding hydrogens is 895 g/mol. The maximum Gasteiger partial charge on any atom is 0.324 e. The SMILES string of the molecule is CCn1c(-c2cc(N3CCN(C4CC4)CC3)cnc2[C@H](C)OC)c2c3cc(ccc31)N1CCO[C@@H](C[C@H](NC(=O)[C@@H]3C(C)c4ccccc4N4CCC[C@H]34)C(=O)N3CCC[C@H](N3)C(=O)OCC(C)(C)C2)C1. The van der Waals surface area contributed by atoms with E-state index in [0.717, 1.165) is 97.4 Å². The number of anilines is 3. The van der Waals surface area contributed by atoms with Crippen molar-refractivity contribution in [2.45, 2.75) is 135 Å². The predicted molar refractivity (Wildman–Crippen MR) is 277 cm³/mol. The third kappa shape index (κ3) is 9.29. The standard InChI is InChI=1S/C56H75N9O6/c1-7-63-48-19-18-38-28-42(48)44(52(63)43-29-39(32-57-51(43)36(3)69-6)61-24-22-60(23-25-61)37-16-17-37)31-56(4,5)34-71-55(68)45-13-10-21-65(59-45)54(67)46(30-40-33-62(38)26-27-70-40)58-53(66)50-35(2)41-12-8-9-14-47(41)64-20-11-15-49(50)64/h8-9,12,14,18-19,28-29,32,35-37,40,45-46,49-50,59H,7,10-11,13,15-17,20-27,30-31,33-34H2,1-6H3,(H,58,66)/t35?,36-,40-,45-,46-,49+,50+/m0/s1.